The average molecular weight is 379 g/mol. The molecule has 0 bridgehead atoms. The Morgan fingerprint density at radius 3 is 2.19 bits per heavy atom. The van der Waals surface area contributed by atoms with Crippen molar-refractivity contribution in [3.63, 3.8) is 0 Å². The lowest BCUT2D eigenvalue weighted by molar-refractivity contribution is -0.383. The zero-order chi connectivity index (χ0) is 19.2. The molecule has 0 aliphatic carbocycles. The van der Waals surface area contributed by atoms with Crippen LogP contribution in [0.2, 0.25) is 0 Å². The molecule has 2 aromatic carbocycles. The minimum Gasteiger partial charge on any atom is -0.298 e. The average Bonchev–Trinajstić information content (AvgIpc) is 2.63. The maximum Gasteiger partial charge on any atom is 0.341 e. The van der Waals surface area contributed by atoms with Gasteiger partial charge in [0.1, 0.15) is 0 Å². The van der Waals surface area contributed by atoms with Crippen molar-refractivity contribution in [1.29, 1.82) is 0 Å². The topological polar surface area (TPSA) is 93.5 Å². The molecular weight excluding hydrogens is 353 g/mol. The molecule has 0 radical (unpaired) electrons. The van der Waals surface area contributed by atoms with Gasteiger partial charge < -0.3 is 0 Å². The SMILES string of the molecule is CCCNP(=O)(NCCC)OC(C)c1ccc([N+](=O)[O-])c2ccccc12. The van der Waals surface area contributed by atoms with Gasteiger partial charge in [0.05, 0.1) is 16.4 Å². The summed E-state index contributed by atoms with van der Waals surface area (Å²) in [6, 6.07) is 10.3. The first-order chi connectivity index (χ1) is 12.4. The van der Waals surface area contributed by atoms with Crippen LogP contribution in [0.3, 0.4) is 0 Å². The molecule has 1 atom stereocenters. The monoisotopic (exact) mass is 379 g/mol. The number of nitro groups is 1. The molecule has 0 fully saturated rings. The summed E-state index contributed by atoms with van der Waals surface area (Å²) in [6.45, 7) is 6.93. The van der Waals surface area contributed by atoms with Crippen LogP contribution in [0, 0.1) is 10.1 Å². The summed E-state index contributed by atoms with van der Waals surface area (Å²) in [5, 5.41) is 18.5. The quantitative estimate of drug-likeness (QED) is 0.345. The molecule has 8 heteroatoms. The van der Waals surface area contributed by atoms with Gasteiger partial charge in [-0.1, -0.05) is 32.0 Å². The van der Waals surface area contributed by atoms with Crippen molar-refractivity contribution in [2.75, 3.05) is 13.1 Å². The molecule has 1 unspecified atom stereocenters. The van der Waals surface area contributed by atoms with E-state index in [1.807, 2.05) is 32.9 Å². The molecule has 26 heavy (non-hydrogen) atoms. The molecule has 2 rings (SSSR count). The second kappa shape index (κ2) is 9.24. The van der Waals surface area contributed by atoms with Crippen molar-refractivity contribution in [2.45, 2.75) is 39.7 Å². The Morgan fingerprint density at radius 1 is 1.08 bits per heavy atom. The fourth-order valence-electron chi connectivity index (χ4n) is 2.75. The van der Waals surface area contributed by atoms with Crippen LogP contribution in [0.5, 0.6) is 0 Å². The van der Waals surface area contributed by atoms with Crippen LogP contribution in [0.15, 0.2) is 36.4 Å². The van der Waals surface area contributed by atoms with Gasteiger partial charge in [0.15, 0.2) is 0 Å². The minimum absolute atomic E-state index is 0.0490. The van der Waals surface area contributed by atoms with Gasteiger partial charge in [0.2, 0.25) is 0 Å². The second-order valence-electron chi connectivity index (χ2n) is 6.09. The zero-order valence-corrected chi connectivity index (χ0v) is 16.3. The van der Waals surface area contributed by atoms with Gasteiger partial charge in [-0.25, -0.2) is 10.2 Å². The van der Waals surface area contributed by atoms with Gasteiger partial charge in [-0.3, -0.25) is 19.2 Å². The van der Waals surface area contributed by atoms with Crippen molar-refractivity contribution in [3.8, 4) is 0 Å². The maximum atomic E-state index is 13.1. The highest BCUT2D eigenvalue weighted by molar-refractivity contribution is 7.54. The molecule has 0 saturated heterocycles. The normalized spacial score (nSPS) is 13.0. The third kappa shape index (κ3) is 4.89. The van der Waals surface area contributed by atoms with Gasteiger partial charge in [-0.2, -0.15) is 0 Å². The molecule has 0 amide bonds. The number of hydrogen-bond donors (Lipinski definition) is 2. The lowest BCUT2D eigenvalue weighted by Gasteiger charge is -2.25. The Hall–Kier alpha value is -1.79. The van der Waals surface area contributed by atoms with Crippen molar-refractivity contribution in [2.24, 2.45) is 0 Å². The molecule has 0 saturated carbocycles. The number of nitrogens with one attached hydrogen (secondary N) is 2. The third-order valence-electron chi connectivity index (χ3n) is 4.02. The van der Waals surface area contributed by atoms with E-state index in [0.717, 1.165) is 23.8 Å². The van der Waals surface area contributed by atoms with Gasteiger partial charge in [0, 0.05) is 19.2 Å². The first-order valence-corrected chi connectivity index (χ1v) is 10.5. The lowest BCUT2D eigenvalue weighted by Crippen LogP contribution is -2.26. The summed E-state index contributed by atoms with van der Waals surface area (Å²) in [7, 11) is -3.22. The molecule has 2 N–H and O–H groups in total. The second-order valence-corrected chi connectivity index (χ2v) is 8.04. The van der Waals surface area contributed by atoms with E-state index >= 15 is 0 Å². The van der Waals surface area contributed by atoms with Crippen molar-refractivity contribution >= 4 is 24.1 Å². The van der Waals surface area contributed by atoms with Crippen molar-refractivity contribution < 1.29 is 14.0 Å². The molecule has 0 spiro atoms. The fraction of sp³-hybridized carbons (Fsp3) is 0.444. The summed E-state index contributed by atoms with van der Waals surface area (Å²) in [5.74, 6) is 0. The third-order valence-corrected chi connectivity index (χ3v) is 5.91. The number of non-ortho nitro benzene ring substituents is 1. The number of fused-ring (bicyclic) bond motifs is 1. The highest BCUT2D eigenvalue weighted by Gasteiger charge is 2.27. The summed E-state index contributed by atoms with van der Waals surface area (Å²) in [4.78, 5) is 10.9. The highest BCUT2D eigenvalue weighted by atomic mass is 31.2. The smallest absolute Gasteiger partial charge is 0.298 e. The van der Waals surface area contributed by atoms with E-state index in [2.05, 4.69) is 10.2 Å². The predicted octanol–water partition coefficient (Wildman–Crippen LogP) is 4.93. The first-order valence-electron chi connectivity index (χ1n) is 8.86. The van der Waals surface area contributed by atoms with E-state index in [9.17, 15) is 14.7 Å². The molecular formula is C18H26N3O4P. The maximum absolute atomic E-state index is 13.1. The Labute approximate surface area is 153 Å². The summed E-state index contributed by atoms with van der Waals surface area (Å²) in [5.41, 5.74) is 0.816. The van der Waals surface area contributed by atoms with Crippen LogP contribution >= 0.6 is 7.67 Å². The van der Waals surface area contributed by atoms with E-state index in [1.165, 1.54) is 6.07 Å². The summed E-state index contributed by atoms with van der Waals surface area (Å²) in [6.07, 6.45) is 1.16. The minimum atomic E-state index is -3.22. The van der Waals surface area contributed by atoms with Crippen molar-refractivity contribution in [1.82, 2.24) is 10.2 Å². The van der Waals surface area contributed by atoms with Gasteiger partial charge in [-0.15, -0.1) is 0 Å². The van der Waals surface area contributed by atoms with Crippen LogP contribution < -0.4 is 10.2 Å². The molecule has 0 aliphatic heterocycles. The van der Waals surface area contributed by atoms with Gasteiger partial charge in [-0.05, 0) is 42.8 Å². The van der Waals surface area contributed by atoms with Crippen molar-refractivity contribution in [3.05, 3.63) is 52.1 Å². The zero-order valence-electron chi connectivity index (χ0n) is 15.4. The molecule has 7 nitrogen and oxygen atoms in total. The number of hydrogen-bond acceptors (Lipinski definition) is 4. The number of nitrogens with zero attached hydrogens (tertiary/aromatic N) is 1. The van der Waals surface area contributed by atoms with Crippen LogP contribution in [0.1, 0.15) is 45.3 Å². The number of nitro benzene ring substituents is 1. The molecule has 2 aromatic rings. The number of rotatable bonds is 10. The molecule has 0 aliphatic rings. The Morgan fingerprint density at radius 2 is 1.65 bits per heavy atom. The van der Waals surface area contributed by atoms with Crippen LogP contribution in [-0.4, -0.2) is 18.0 Å². The highest BCUT2D eigenvalue weighted by Crippen LogP contribution is 2.44. The van der Waals surface area contributed by atoms with Crippen LogP contribution in [0.25, 0.3) is 10.8 Å². The van der Waals surface area contributed by atoms with E-state index in [4.69, 9.17) is 4.52 Å². The Bertz CT molecular complexity index is 800. The molecule has 0 aromatic heterocycles. The van der Waals surface area contributed by atoms with E-state index in [-0.39, 0.29) is 5.69 Å². The van der Waals surface area contributed by atoms with Crippen LogP contribution in [-0.2, 0) is 9.09 Å². The van der Waals surface area contributed by atoms with E-state index in [0.29, 0.717) is 18.5 Å². The van der Waals surface area contributed by atoms with Gasteiger partial charge >= 0.3 is 7.67 Å². The largest absolute Gasteiger partial charge is 0.341 e. The standard InChI is InChI=1S/C18H26N3O4P/c1-4-12-19-26(24,20-13-5-2)25-14(3)15-10-11-18(21(22)23)17-9-7-6-8-16(15)17/h6-11,14H,4-5,12-13H2,1-3H3,(H2,19,20,24). The lowest BCUT2D eigenvalue weighted by atomic mass is 10.00. The fourth-order valence-corrected chi connectivity index (χ4v) is 4.60. The Kier molecular flexibility index (Phi) is 7.29. The summed E-state index contributed by atoms with van der Waals surface area (Å²) >= 11 is 0. The predicted molar refractivity (Wildman–Crippen MR) is 104 cm³/mol. The molecule has 0 heterocycles. The number of benzene rings is 2. The van der Waals surface area contributed by atoms with Crippen LogP contribution in [0.4, 0.5) is 5.69 Å². The molecule has 142 valence electrons. The van der Waals surface area contributed by atoms with E-state index in [1.54, 1.807) is 18.2 Å². The Balaban J connectivity index is 2.36. The first kappa shape index (κ1) is 20.5. The summed E-state index contributed by atoms with van der Waals surface area (Å²) < 4.78 is 19.0. The van der Waals surface area contributed by atoms with E-state index < -0.39 is 18.7 Å². The van der Waals surface area contributed by atoms with Gasteiger partial charge in [0.25, 0.3) is 5.69 Å².